The number of aromatic nitrogens is 4. The molecular formula is C23H24N6O. The van der Waals surface area contributed by atoms with Crippen LogP contribution in [-0.2, 0) is 0 Å². The average Bonchev–Trinajstić information content (AvgIpc) is 3.20. The highest BCUT2D eigenvalue weighted by Gasteiger charge is 2.18. The SMILES string of the molecule is Cc1cc(N2CCN(C)CC2)cc2[nH]c(-c3cc(-c4cncnc4)ccc3O)nc12. The lowest BCUT2D eigenvalue weighted by Crippen LogP contribution is -2.44. The minimum absolute atomic E-state index is 0.187. The summed E-state index contributed by atoms with van der Waals surface area (Å²) in [4.78, 5) is 21.2. The van der Waals surface area contributed by atoms with E-state index in [9.17, 15) is 5.11 Å². The third-order valence-corrected chi connectivity index (χ3v) is 5.78. The lowest BCUT2D eigenvalue weighted by atomic mass is 10.0. The molecule has 30 heavy (non-hydrogen) atoms. The fourth-order valence-corrected chi connectivity index (χ4v) is 4.00. The van der Waals surface area contributed by atoms with Crippen LogP contribution < -0.4 is 4.90 Å². The number of anilines is 1. The second kappa shape index (κ2) is 7.42. The number of imidazole rings is 1. The van der Waals surface area contributed by atoms with Crippen molar-refractivity contribution in [1.82, 2.24) is 24.8 Å². The quantitative estimate of drug-likeness (QED) is 0.548. The van der Waals surface area contributed by atoms with Crippen LogP contribution in [-0.4, -0.2) is 63.2 Å². The van der Waals surface area contributed by atoms with Crippen molar-refractivity contribution in [3.8, 4) is 28.3 Å². The third-order valence-electron chi connectivity index (χ3n) is 5.78. The Balaban J connectivity index is 1.55. The Labute approximate surface area is 175 Å². The van der Waals surface area contributed by atoms with Crippen LogP contribution in [0.25, 0.3) is 33.5 Å². The molecule has 4 aromatic rings. The summed E-state index contributed by atoms with van der Waals surface area (Å²) in [5.74, 6) is 0.839. The third kappa shape index (κ3) is 3.37. The van der Waals surface area contributed by atoms with Gasteiger partial charge in [-0.15, -0.1) is 0 Å². The summed E-state index contributed by atoms with van der Waals surface area (Å²) in [6, 6.07) is 9.83. The first-order valence-electron chi connectivity index (χ1n) is 10.1. The molecule has 0 unspecified atom stereocenters. The number of likely N-dealkylation sites (N-methyl/N-ethyl adjacent to an activating group) is 1. The van der Waals surface area contributed by atoms with Gasteiger partial charge in [0.2, 0.25) is 0 Å². The van der Waals surface area contributed by atoms with Crippen molar-refractivity contribution in [1.29, 1.82) is 0 Å². The minimum atomic E-state index is 0.187. The van der Waals surface area contributed by atoms with Gasteiger partial charge in [0.1, 0.15) is 17.9 Å². The molecule has 0 amide bonds. The monoisotopic (exact) mass is 400 g/mol. The molecule has 2 aromatic carbocycles. The summed E-state index contributed by atoms with van der Waals surface area (Å²) < 4.78 is 0. The molecule has 2 aromatic heterocycles. The summed E-state index contributed by atoms with van der Waals surface area (Å²) in [6.45, 7) is 6.25. The van der Waals surface area contributed by atoms with E-state index in [2.05, 4.69) is 50.9 Å². The summed E-state index contributed by atoms with van der Waals surface area (Å²) in [7, 11) is 2.16. The number of aryl methyl sites for hydroxylation is 1. The predicted octanol–water partition coefficient (Wildman–Crippen LogP) is 3.45. The lowest BCUT2D eigenvalue weighted by molar-refractivity contribution is 0.313. The Hall–Kier alpha value is -3.45. The molecule has 1 fully saturated rings. The normalized spacial score (nSPS) is 15.1. The zero-order chi connectivity index (χ0) is 20.7. The van der Waals surface area contributed by atoms with Gasteiger partial charge >= 0.3 is 0 Å². The van der Waals surface area contributed by atoms with Crippen molar-refractivity contribution in [3.05, 3.63) is 54.6 Å². The van der Waals surface area contributed by atoms with E-state index < -0.39 is 0 Å². The molecule has 7 heteroatoms. The topological polar surface area (TPSA) is 81.2 Å². The zero-order valence-corrected chi connectivity index (χ0v) is 17.1. The highest BCUT2D eigenvalue weighted by atomic mass is 16.3. The van der Waals surface area contributed by atoms with Gasteiger partial charge in [0.25, 0.3) is 0 Å². The summed E-state index contributed by atoms with van der Waals surface area (Å²) in [6.07, 6.45) is 5.02. The number of hydrogen-bond acceptors (Lipinski definition) is 6. The van der Waals surface area contributed by atoms with E-state index in [4.69, 9.17) is 4.98 Å². The number of aromatic hydroxyl groups is 1. The maximum Gasteiger partial charge on any atom is 0.142 e. The molecule has 5 rings (SSSR count). The lowest BCUT2D eigenvalue weighted by Gasteiger charge is -2.34. The molecule has 0 atom stereocenters. The standard InChI is InChI=1S/C23H24N6O/c1-15-9-18(29-7-5-28(2)6-8-29)11-20-22(15)27-23(26-20)19-10-16(3-4-21(19)30)17-12-24-14-25-13-17/h3-4,9-14,30H,5-8H2,1-2H3,(H,26,27). The molecule has 0 spiro atoms. The van der Waals surface area contributed by atoms with E-state index in [-0.39, 0.29) is 5.75 Å². The highest BCUT2D eigenvalue weighted by molar-refractivity contribution is 5.87. The van der Waals surface area contributed by atoms with Gasteiger partial charge in [0, 0.05) is 49.8 Å². The molecular weight excluding hydrogens is 376 g/mol. The first kappa shape index (κ1) is 18.6. The fourth-order valence-electron chi connectivity index (χ4n) is 4.00. The summed E-state index contributed by atoms with van der Waals surface area (Å²) in [5, 5.41) is 10.5. The van der Waals surface area contributed by atoms with Crippen LogP contribution in [0.15, 0.2) is 49.1 Å². The van der Waals surface area contributed by atoms with Crippen molar-refractivity contribution in [2.75, 3.05) is 38.1 Å². The van der Waals surface area contributed by atoms with Gasteiger partial charge in [0.05, 0.1) is 16.6 Å². The van der Waals surface area contributed by atoms with Gasteiger partial charge in [-0.3, -0.25) is 0 Å². The number of rotatable bonds is 3. The van der Waals surface area contributed by atoms with Crippen molar-refractivity contribution < 1.29 is 5.11 Å². The summed E-state index contributed by atoms with van der Waals surface area (Å²) in [5.41, 5.74) is 6.72. The number of aromatic amines is 1. The van der Waals surface area contributed by atoms with E-state index >= 15 is 0 Å². The van der Waals surface area contributed by atoms with Crippen molar-refractivity contribution in [2.45, 2.75) is 6.92 Å². The van der Waals surface area contributed by atoms with Crippen LogP contribution in [0.2, 0.25) is 0 Å². The fraction of sp³-hybridized carbons (Fsp3) is 0.261. The molecule has 0 bridgehead atoms. The second-order valence-electron chi connectivity index (χ2n) is 7.89. The van der Waals surface area contributed by atoms with Crippen molar-refractivity contribution >= 4 is 16.7 Å². The van der Waals surface area contributed by atoms with Gasteiger partial charge in [-0.2, -0.15) is 0 Å². The number of phenols is 1. The molecule has 1 aliphatic heterocycles. The Bertz CT molecular complexity index is 1200. The van der Waals surface area contributed by atoms with Crippen LogP contribution in [0.1, 0.15) is 5.56 Å². The molecule has 2 N–H and O–H groups in total. The second-order valence-corrected chi connectivity index (χ2v) is 7.89. The minimum Gasteiger partial charge on any atom is -0.507 e. The number of H-pyrrole nitrogens is 1. The number of hydrogen-bond donors (Lipinski definition) is 2. The molecule has 152 valence electrons. The Morgan fingerprint density at radius 2 is 1.73 bits per heavy atom. The van der Waals surface area contributed by atoms with Gasteiger partial charge in [0.15, 0.2) is 0 Å². The number of benzene rings is 2. The average molecular weight is 400 g/mol. The largest absolute Gasteiger partial charge is 0.507 e. The highest BCUT2D eigenvalue weighted by Crippen LogP contribution is 2.34. The van der Waals surface area contributed by atoms with E-state index in [1.54, 1.807) is 18.5 Å². The molecule has 1 aliphatic rings. The molecule has 7 nitrogen and oxygen atoms in total. The number of nitrogens with zero attached hydrogens (tertiary/aromatic N) is 5. The van der Waals surface area contributed by atoms with E-state index in [0.717, 1.165) is 53.9 Å². The predicted molar refractivity (Wildman–Crippen MR) is 119 cm³/mol. The van der Waals surface area contributed by atoms with E-state index in [1.807, 2.05) is 12.1 Å². The zero-order valence-electron chi connectivity index (χ0n) is 17.1. The maximum absolute atomic E-state index is 10.5. The van der Waals surface area contributed by atoms with Crippen LogP contribution in [0.5, 0.6) is 5.75 Å². The molecule has 0 saturated carbocycles. The van der Waals surface area contributed by atoms with E-state index in [0.29, 0.717) is 11.4 Å². The van der Waals surface area contributed by atoms with Gasteiger partial charge in [-0.1, -0.05) is 6.07 Å². The maximum atomic E-state index is 10.5. The van der Waals surface area contributed by atoms with Crippen LogP contribution in [0.3, 0.4) is 0 Å². The van der Waals surface area contributed by atoms with Crippen LogP contribution >= 0.6 is 0 Å². The number of fused-ring (bicyclic) bond motifs is 1. The van der Waals surface area contributed by atoms with Crippen LogP contribution in [0.4, 0.5) is 5.69 Å². The molecule has 0 aliphatic carbocycles. The van der Waals surface area contributed by atoms with Gasteiger partial charge in [-0.05, 0) is 49.4 Å². The molecule has 3 heterocycles. The Kier molecular flexibility index (Phi) is 4.59. The van der Waals surface area contributed by atoms with Crippen LogP contribution in [0, 0.1) is 6.92 Å². The number of nitrogens with one attached hydrogen (secondary N) is 1. The first-order chi connectivity index (χ1) is 14.6. The Morgan fingerprint density at radius 1 is 0.967 bits per heavy atom. The van der Waals surface area contributed by atoms with Gasteiger partial charge in [-0.25, -0.2) is 15.0 Å². The molecule has 1 saturated heterocycles. The Morgan fingerprint density at radius 3 is 2.50 bits per heavy atom. The smallest absolute Gasteiger partial charge is 0.142 e. The van der Waals surface area contributed by atoms with Crippen molar-refractivity contribution in [3.63, 3.8) is 0 Å². The summed E-state index contributed by atoms with van der Waals surface area (Å²) >= 11 is 0. The molecule has 0 radical (unpaired) electrons. The first-order valence-corrected chi connectivity index (χ1v) is 10.1. The number of phenolic OH excluding ortho intramolecular Hbond substituents is 1. The van der Waals surface area contributed by atoms with Gasteiger partial charge < -0.3 is 19.9 Å². The van der Waals surface area contributed by atoms with E-state index in [1.165, 1.54) is 12.0 Å². The van der Waals surface area contributed by atoms with Crippen molar-refractivity contribution in [2.24, 2.45) is 0 Å². The number of piperazine rings is 1.